The summed E-state index contributed by atoms with van der Waals surface area (Å²) in [5.74, 6) is 0.970. The summed E-state index contributed by atoms with van der Waals surface area (Å²) in [6.07, 6.45) is 6.06. The minimum absolute atomic E-state index is 0.0789. The van der Waals surface area contributed by atoms with Crippen LogP contribution in [0.4, 0.5) is 0 Å². The quantitative estimate of drug-likeness (QED) is 0.296. The van der Waals surface area contributed by atoms with Crippen LogP contribution in [0.25, 0.3) is 0 Å². The number of carbonyl (C=O) groups is 2. The SMILES string of the molecule is C=C.CCC1=C(C/C=C(\CC(C)=O)OC)CC(C)(C)CC(=O)N1CCCOC. The topological polar surface area (TPSA) is 55.8 Å². The van der Waals surface area contributed by atoms with Gasteiger partial charge in [-0.1, -0.05) is 20.8 Å². The maximum absolute atomic E-state index is 12.8. The first-order chi connectivity index (χ1) is 13.2. The molecule has 160 valence electrons. The van der Waals surface area contributed by atoms with E-state index in [0.717, 1.165) is 25.0 Å². The lowest BCUT2D eigenvalue weighted by Crippen LogP contribution is -2.32. The van der Waals surface area contributed by atoms with Crippen molar-refractivity contribution < 1.29 is 19.1 Å². The van der Waals surface area contributed by atoms with Gasteiger partial charge in [0, 0.05) is 32.4 Å². The molecule has 1 rings (SSSR count). The molecule has 0 aromatic carbocycles. The van der Waals surface area contributed by atoms with Crippen molar-refractivity contribution in [1.29, 1.82) is 0 Å². The van der Waals surface area contributed by atoms with Crippen LogP contribution in [-0.4, -0.2) is 44.0 Å². The maximum Gasteiger partial charge on any atom is 0.227 e. The molecule has 0 aromatic heterocycles. The highest BCUT2D eigenvalue weighted by molar-refractivity contribution is 5.79. The molecule has 0 N–H and O–H groups in total. The van der Waals surface area contributed by atoms with E-state index < -0.39 is 0 Å². The Balaban J connectivity index is 0.00000352. The average Bonchev–Trinajstić information content (AvgIpc) is 2.73. The van der Waals surface area contributed by atoms with Gasteiger partial charge in [-0.15, -0.1) is 13.2 Å². The molecule has 0 saturated heterocycles. The molecule has 0 radical (unpaired) electrons. The summed E-state index contributed by atoms with van der Waals surface area (Å²) in [4.78, 5) is 26.2. The zero-order valence-electron chi connectivity index (χ0n) is 18.7. The summed E-state index contributed by atoms with van der Waals surface area (Å²) in [6, 6.07) is 0. The number of ether oxygens (including phenoxy) is 2. The first-order valence-electron chi connectivity index (χ1n) is 9.96. The van der Waals surface area contributed by atoms with Crippen LogP contribution in [0, 0.1) is 5.41 Å². The fourth-order valence-electron chi connectivity index (χ4n) is 3.56. The standard InChI is InChI=1S/C21H35NO4.C2H4/c1-7-19-17(9-10-18(26-6)13-16(2)23)14-21(3,4)15-20(24)22(19)11-8-12-25-5;1-2/h10H,7-9,11-15H2,1-6H3;1-2H2/b18-10+;. The number of hydrogen-bond acceptors (Lipinski definition) is 4. The van der Waals surface area contributed by atoms with Crippen LogP contribution in [0.1, 0.15) is 66.2 Å². The molecular weight excluding hydrogens is 354 g/mol. The first-order valence-corrected chi connectivity index (χ1v) is 9.96. The Kier molecular flexibility index (Phi) is 12.4. The summed E-state index contributed by atoms with van der Waals surface area (Å²) in [6.45, 7) is 15.3. The number of rotatable bonds is 10. The van der Waals surface area contributed by atoms with Crippen LogP contribution in [0.2, 0.25) is 0 Å². The lowest BCUT2D eigenvalue weighted by molar-refractivity contribution is -0.131. The Morgan fingerprint density at radius 2 is 1.89 bits per heavy atom. The molecule has 0 aliphatic carbocycles. The van der Waals surface area contributed by atoms with E-state index in [1.54, 1.807) is 21.1 Å². The van der Waals surface area contributed by atoms with Crippen molar-refractivity contribution in [3.05, 3.63) is 36.3 Å². The summed E-state index contributed by atoms with van der Waals surface area (Å²) < 4.78 is 10.5. The molecule has 1 aliphatic heterocycles. The van der Waals surface area contributed by atoms with Gasteiger partial charge in [-0.2, -0.15) is 0 Å². The van der Waals surface area contributed by atoms with Crippen LogP contribution >= 0.6 is 0 Å². The van der Waals surface area contributed by atoms with Crippen LogP contribution in [0.3, 0.4) is 0 Å². The second-order valence-electron chi connectivity index (χ2n) is 7.77. The second kappa shape index (κ2) is 13.3. The van der Waals surface area contributed by atoms with Gasteiger partial charge >= 0.3 is 0 Å². The molecule has 0 saturated carbocycles. The van der Waals surface area contributed by atoms with E-state index in [9.17, 15) is 9.59 Å². The molecule has 0 aromatic rings. The van der Waals surface area contributed by atoms with Gasteiger partial charge in [0.1, 0.15) is 5.78 Å². The number of amides is 1. The summed E-state index contributed by atoms with van der Waals surface area (Å²) in [7, 11) is 3.28. The van der Waals surface area contributed by atoms with Gasteiger partial charge in [0.2, 0.25) is 5.91 Å². The third kappa shape index (κ3) is 8.87. The summed E-state index contributed by atoms with van der Waals surface area (Å²) in [5.41, 5.74) is 2.30. The van der Waals surface area contributed by atoms with Crippen LogP contribution in [0.5, 0.6) is 0 Å². The summed E-state index contributed by atoms with van der Waals surface area (Å²) in [5, 5.41) is 0. The lowest BCUT2D eigenvalue weighted by atomic mass is 9.82. The predicted molar refractivity (Wildman–Crippen MR) is 115 cm³/mol. The molecule has 0 atom stereocenters. The number of methoxy groups -OCH3 is 2. The van der Waals surface area contributed by atoms with Crippen LogP contribution < -0.4 is 0 Å². The van der Waals surface area contributed by atoms with Crippen molar-refractivity contribution in [3.63, 3.8) is 0 Å². The largest absolute Gasteiger partial charge is 0.501 e. The third-order valence-electron chi connectivity index (χ3n) is 4.68. The predicted octanol–water partition coefficient (Wildman–Crippen LogP) is 5.04. The van der Waals surface area contributed by atoms with Crippen molar-refractivity contribution in [2.45, 2.75) is 66.2 Å². The molecule has 0 bridgehead atoms. The fourth-order valence-corrected chi connectivity index (χ4v) is 3.56. The van der Waals surface area contributed by atoms with Crippen molar-refractivity contribution >= 4 is 11.7 Å². The molecule has 0 fully saturated rings. The fraction of sp³-hybridized carbons (Fsp3) is 0.652. The molecule has 5 heteroatoms. The van der Waals surface area contributed by atoms with E-state index in [4.69, 9.17) is 9.47 Å². The van der Waals surface area contributed by atoms with Crippen molar-refractivity contribution in [2.75, 3.05) is 27.4 Å². The first kappa shape index (κ1) is 26.1. The van der Waals surface area contributed by atoms with E-state index in [1.807, 2.05) is 11.0 Å². The molecule has 1 amide bonds. The molecule has 1 aliphatic rings. The highest BCUT2D eigenvalue weighted by Crippen LogP contribution is 2.38. The molecule has 0 spiro atoms. The number of hydrogen-bond donors (Lipinski definition) is 0. The lowest BCUT2D eigenvalue weighted by Gasteiger charge is -2.26. The van der Waals surface area contributed by atoms with Crippen molar-refractivity contribution in [2.24, 2.45) is 5.41 Å². The third-order valence-corrected chi connectivity index (χ3v) is 4.68. The van der Waals surface area contributed by atoms with E-state index in [-0.39, 0.29) is 17.1 Å². The Bertz CT molecular complexity index is 575. The molecule has 0 unspecified atom stereocenters. The van der Waals surface area contributed by atoms with Crippen molar-refractivity contribution in [3.8, 4) is 0 Å². The van der Waals surface area contributed by atoms with Gasteiger partial charge in [0.15, 0.2) is 0 Å². The monoisotopic (exact) mass is 393 g/mol. The Morgan fingerprint density at radius 1 is 1.25 bits per heavy atom. The zero-order valence-corrected chi connectivity index (χ0v) is 18.7. The van der Waals surface area contributed by atoms with E-state index in [0.29, 0.717) is 38.2 Å². The Hall–Kier alpha value is -1.88. The molecule has 1 heterocycles. The minimum atomic E-state index is -0.0789. The number of carbonyl (C=O) groups excluding carboxylic acids is 2. The van der Waals surface area contributed by atoms with Crippen LogP contribution in [0.15, 0.2) is 36.3 Å². The Morgan fingerprint density at radius 3 is 2.39 bits per heavy atom. The minimum Gasteiger partial charge on any atom is -0.501 e. The maximum atomic E-state index is 12.8. The van der Waals surface area contributed by atoms with E-state index in [1.165, 1.54) is 5.57 Å². The highest BCUT2D eigenvalue weighted by Gasteiger charge is 2.32. The van der Waals surface area contributed by atoms with E-state index in [2.05, 4.69) is 33.9 Å². The van der Waals surface area contributed by atoms with Crippen molar-refractivity contribution in [1.82, 2.24) is 4.90 Å². The van der Waals surface area contributed by atoms with Gasteiger partial charge in [-0.05, 0) is 49.7 Å². The zero-order chi connectivity index (χ0) is 21.7. The number of Topliss-reactive ketones (excluding diaryl/α,β-unsaturated/α-hetero) is 1. The molecular formula is C23H39NO4. The van der Waals surface area contributed by atoms with Gasteiger partial charge in [0.25, 0.3) is 0 Å². The highest BCUT2D eigenvalue weighted by atomic mass is 16.5. The van der Waals surface area contributed by atoms with Gasteiger partial charge < -0.3 is 14.4 Å². The normalized spacial score (nSPS) is 17.0. The number of ketones is 1. The second-order valence-corrected chi connectivity index (χ2v) is 7.77. The van der Waals surface area contributed by atoms with Gasteiger partial charge in [-0.25, -0.2) is 0 Å². The Labute approximate surface area is 171 Å². The average molecular weight is 394 g/mol. The number of allylic oxidation sites excluding steroid dienone is 4. The van der Waals surface area contributed by atoms with E-state index >= 15 is 0 Å². The smallest absolute Gasteiger partial charge is 0.227 e. The summed E-state index contributed by atoms with van der Waals surface area (Å²) >= 11 is 0. The van der Waals surface area contributed by atoms with Gasteiger partial charge in [0.05, 0.1) is 19.3 Å². The van der Waals surface area contributed by atoms with Gasteiger partial charge in [-0.3, -0.25) is 9.59 Å². The molecule has 5 nitrogen and oxygen atoms in total. The number of nitrogens with zero attached hydrogens (tertiary/aromatic N) is 1. The van der Waals surface area contributed by atoms with Crippen LogP contribution in [-0.2, 0) is 19.1 Å². The molecule has 28 heavy (non-hydrogen) atoms.